The van der Waals surface area contributed by atoms with Gasteiger partial charge in [0, 0.05) is 6.42 Å². The number of rotatable bonds is 8. The maximum absolute atomic E-state index is 11.6. The number of carbonyl (C=O) groups is 1. The summed E-state index contributed by atoms with van der Waals surface area (Å²) in [5.41, 5.74) is 5.40. The third-order valence-electron chi connectivity index (χ3n) is 2.71. The number of furan rings is 1. The monoisotopic (exact) mass is 238 g/mol. The summed E-state index contributed by atoms with van der Waals surface area (Å²) < 4.78 is 5.23. The van der Waals surface area contributed by atoms with Gasteiger partial charge in [0.2, 0.25) is 5.91 Å². The molecule has 4 nitrogen and oxygen atoms in total. The second-order valence-electron chi connectivity index (χ2n) is 4.26. The zero-order valence-electron chi connectivity index (χ0n) is 10.4. The molecule has 0 bridgehead atoms. The average molecular weight is 238 g/mol. The van der Waals surface area contributed by atoms with Crippen molar-refractivity contribution in [3.8, 4) is 0 Å². The minimum absolute atomic E-state index is 0.0541. The van der Waals surface area contributed by atoms with Crippen molar-refractivity contribution in [3.63, 3.8) is 0 Å². The van der Waals surface area contributed by atoms with Crippen LogP contribution < -0.4 is 11.1 Å². The molecular weight excluding hydrogens is 216 g/mol. The third kappa shape index (κ3) is 5.54. The van der Waals surface area contributed by atoms with Crippen molar-refractivity contribution in [1.29, 1.82) is 0 Å². The molecule has 0 aliphatic rings. The Morgan fingerprint density at radius 2 is 2.18 bits per heavy atom. The van der Waals surface area contributed by atoms with Gasteiger partial charge in [0.1, 0.15) is 5.76 Å². The first kappa shape index (κ1) is 13.8. The minimum Gasteiger partial charge on any atom is -0.467 e. The molecule has 0 spiro atoms. The number of amides is 1. The number of hydrogen-bond donors (Lipinski definition) is 2. The number of unbranched alkanes of at least 4 members (excludes halogenated alkanes) is 3. The zero-order chi connectivity index (χ0) is 12.5. The van der Waals surface area contributed by atoms with E-state index >= 15 is 0 Å². The molecule has 0 fully saturated rings. The Morgan fingerprint density at radius 3 is 2.82 bits per heavy atom. The van der Waals surface area contributed by atoms with E-state index in [0.29, 0.717) is 6.42 Å². The smallest absolute Gasteiger partial charge is 0.220 e. The standard InChI is InChI=1S/C13H22N2O2/c1-11(12-7-6-10-17-12)15-13(16)8-4-2-3-5-9-14/h6-7,10-11H,2-5,8-9,14H2,1H3,(H,15,16). The highest BCUT2D eigenvalue weighted by Gasteiger charge is 2.10. The number of nitrogens with two attached hydrogens (primary N) is 1. The van der Waals surface area contributed by atoms with Crippen molar-refractivity contribution in [2.45, 2.75) is 45.1 Å². The molecule has 1 rings (SSSR count). The Kier molecular flexibility index (Phi) is 6.40. The Bertz CT molecular complexity index is 309. The van der Waals surface area contributed by atoms with E-state index in [9.17, 15) is 4.79 Å². The third-order valence-corrected chi connectivity index (χ3v) is 2.71. The van der Waals surface area contributed by atoms with Crippen LogP contribution in [-0.2, 0) is 4.79 Å². The largest absolute Gasteiger partial charge is 0.467 e. The first-order chi connectivity index (χ1) is 8.24. The van der Waals surface area contributed by atoms with Crippen molar-refractivity contribution in [2.24, 2.45) is 5.73 Å². The summed E-state index contributed by atoms with van der Waals surface area (Å²) in [7, 11) is 0. The predicted molar refractivity (Wildman–Crippen MR) is 67.4 cm³/mol. The zero-order valence-corrected chi connectivity index (χ0v) is 10.4. The van der Waals surface area contributed by atoms with Crippen LogP contribution in [0, 0.1) is 0 Å². The number of carbonyl (C=O) groups excluding carboxylic acids is 1. The molecule has 0 radical (unpaired) electrons. The molecule has 1 heterocycles. The quantitative estimate of drug-likeness (QED) is 0.683. The molecule has 0 saturated heterocycles. The van der Waals surface area contributed by atoms with E-state index < -0.39 is 0 Å². The van der Waals surface area contributed by atoms with Crippen LogP contribution in [0.15, 0.2) is 22.8 Å². The molecule has 1 atom stereocenters. The van der Waals surface area contributed by atoms with Gasteiger partial charge in [-0.05, 0) is 38.4 Å². The van der Waals surface area contributed by atoms with Gasteiger partial charge < -0.3 is 15.5 Å². The molecule has 0 saturated carbocycles. The lowest BCUT2D eigenvalue weighted by Gasteiger charge is -2.11. The van der Waals surface area contributed by atoms with E-state index in [-0.39, 0.29) is 11.9 Å². The molecule has 17 heavy (non-hydrogen) atoms. The molecule has 0 aromatic carbocycles. The first-order valence-electron chi connectivity index (χ1n) is 6.27. The highest BCUT2D eigenvalue weighted by molar-refractivity contribution is 5.76. The van der Waals surface area contributed by atoms with E-state index in [0.717, 1.165) is 38.0 Å². The van der Waals surface area contributed by atoms with Crippen molar-refractivity contribution in [2.75, 3.05) is 6.54 Å². The minimum atomic E-state index is -0.0541. The van der Waals surface area contributed by atoms with E-state index in [1.165, 1.54) is 0 Å². The fourth-order valence-electron chi connectivity index (χ4n) is 1.71. The topological polar surface area (TPSA) is 68.3 Å². The van der Waals surface area contributed by atoms with Crippen LogP contribution in [0.25, 0.3) is 0 Å². The first-order valence-corrected chi connectivity index (χ1v) is 6.27. The lowest BCUT2D eigenvalue weighted by molar-refractivity contribution is -0.122. The van der Waals surface area contributed by atoms with Crippen LogP contribution >= 0.6 is 0 Å². The van der Waals surface area contributed by atoms with Crippen molar-refractivity contribution >= 4 is 5.91 Å². The summed E-state index contributed by atoms with van der Waals surface area (Å²) in [4.78, 5) is 11.6. The lowest BCUT2D eigenvalue weighted by Crippen LogP contribution is -2.25. The van der Waals surface area contributed by atoms with E-state index in [2.05, 4.69) is 5.32 Å². The van der Waals surface area contributed by atoms with Crippen molar-refractivity contribution in [3.05, 3.63) is 24.2 Å². The van der Waals surface area contributed by atoms with E-state index in [4.69, 9.17) is 10.2 Å². The number of hydrogen-bond acceptors (Lipinski definition) is 3. The molecule has 3 N–H and O–H groups in total. The molecule has 1 aromatic heterocycles. The van der Waals surface area contributed by atoms with Crippen LogP contribution in [0.3, 0.4) is 0 Å². The van der Waals surface area contributed by atoms with E-state index in [1.54, 1.807) is 6.26 Å². The van der Waals surface area contributed by atoms with Crippen LogP contribution in [0.5, 0.6) is 0 Å². The lowest BCUT2D eigenvalue weighted by atomic mass is 10.1. The summed E-state index contributed by atoms with van der Waals surface area (Å²) in [5, 5.41) is 2.92. The number of nitrogens with one attached hydrogen (secondary N) is 1. The Balaban J connectivity index is 2.12. The molecule has 1 aromatic rings. The van der Waals surface area contributed by atoms with E-state index in [1.807, 2.05) is 19.1 Å². The fourth-order valence-corrected chi connectivity index (χ4v) is 1.71. The molecular formula is C13H22N2O2. The van der Waals surface area contributed by atoms with Crippen LogP contribution in [0.1, 0.15) is 50.8 Å². The predicted octanol–water partition coefficient (Wildman–Crippen LogP) is 2.37. The van der Waals surface area contributed by atoms with Crippen molar-refractivity contribution < 1.29 is 9.21 Å². The fraction of sp³-hybridized carbons (Fsp3) is 0.615. The van der Waals surface area contributed by atoms with Gasteiger partial charge in [0.25, 0.3) is 0 Å². The van der Waals surface area contributed by atoms with Gasteiger partial charge in [-0.2, -0.15) is 0 Å². The van der Waals surface area contributed by atoms with Crippen LogP contribution in [0.4, 0.5) is 0 Å². The van der Waals surface area contributed by atoms with Crippen LogP contribution in [-0.4, -0.2) is 12.5 Å². The maximum Gasteiger partial charge on any atom is 0.220 e. The maximum atomic E-state index is 11.6. The Morgan fingerprint density at radius 1 is 1.41 bits per heavy atom. The van der Waals surface area contributed by atoms with Crippen molar-refractivity contribution in [1.82, 2.24) is 5.32 Å². The van der Waals surface area contributed by atoms with Gasteiger partial charge in [-0.3, -0.25) is 4.79 Å². The molecule has 1 unspecified atom stereocenters. The second kappa shape index (κ2) is 7.90. The highest BCUT2D eigenvalue weighted by atomic mass is 16.3. The van der Waals surface area contributed by atoms with Gasteiger partial charge in [-0.15, -0.1) is 0 Å². The summed E-state index contributed by atoms with van der Waals surface area (Å²) >= 11 is 0. The normalized spacial score (nSPS) is 12.4. The second-order valence-corrected chi connectivity index (χ2v) is 4.26. The molecule has 4 heteroatoms. The van der Waals surface area contributed by atoms with Gasteiger partial charge >= 0.3 is 0 Å². The van der Waals surface area contributed by atoms with Gasteiger partial charge in [0.15, 0.2) is 0 Å². The molecule has 96 valence electrons. The SMILES string of the molecule is CC(NC(=O)CCCCCCN)c1ccco1. The summed E-state index contributed by atoms with van der Waals surface area (Å²) in [6.07, 6.45) is 6.35. The van der Waals surface area contributed by atoms with Gasteiger partial charge in [-0.25, -0.2) is 0 Å². The summed E-state index contributed by atoms with van der Waals surface area (Å²) in [6.45, 7) is 2.66. The Hall–Kier alpha value is -1.29. The van der Waals surface area contributed by atoms with Crippen LogP contribution in [0.2, 0.25) is 0 Å². The molecule has 0 aliphatic carbocycles. The highest BCUT2D eigenvalue weighted by Crippen LogP contribution is 2.12. The van der Waals surface area contributed by atoms with Gasteiger partial charge in [0.05, 0.1) is 12.3 Å². The average Bonchev–Trinajstić information content (AvgIpc) is 2.82. The summed E-state index contributed by atoms with van der Waals surface area (Å²) in [6, 6.07) is 3.64. The summed E-state index contributed by atoms with van der Waals surface area (Å²) in [5.74, 6) is 0.878. The Labute approximate surface area is 103 Å². The van der Waals surface area contributed by atoms with Gasteiger partial charge in [-0.1, -0.05) is 12.8 Å². The molecule has 1 amide bonds. The molecule has 0 aliphatic heterocycles.